The van der Waals surface area contributed by atoms with Crippen molar-refractivity contribution in [2.45, 2.75) is 297 Å². The number of unbranched alkanes of at least 4 members (excludes halogenated alkanes) is 28. The zero-order chi connectivity index (χ0) is 52.9. The highest BCUT2D eigenvalue weighted by Gasteiger charge is 2.19. The molecule has 0 aromatic rings. The monoisotopic (exact) mass is 1010 g/mol. The Morgan fingerprint density at radius 2 is 0.548 bits per heavy atom. The lowest BCUT2D eigenvalue weighted by Gasteiger charge is -2.18. The van der Waals surface area contributed by atoms with Crippen molar-refractivity contribution >= 4 is 17.9 Å². The van der Waals surface area contributed by atoms with Crippen LogP contribution in [0.5, 0.6) is 0 Å². The van der Waals surface area contributed by atoms with Crippen LogP contribution in [0.25, 0.3) is 0 Å². The minimum absolute atomic E-state index is 0.102. The molecule has 73 heavy (non-hydrogen) atoms. The van der Waals surface area contributed by atoms with Gasteiger partial charge in [0, 0.05) is 19.3 Å². The second-order valence-corrected chi connectivity index (χ2v) is 20.2. The summed E-state index contributed by atoms with van der Waals surface area (Å²) in [5.41, 5.74) is 0. The lowest BCUT2D eigenvalue weighted by Crippen LogP contribution is -2.30. The van der Waals surface area contributed by atoms with Crippen molar-refractivity contribution in [3.63, 3.8) is 0 Å². The van der Waals surface area contributed by atoms with Gasteiger partial charge in [0.05, 0.1) is 0 Å². The highest BCUT2D eigenvalue weighted by atomic mass is 16.6. The second-order valence-electron chi connectivity index (χ2n) is 20.2. The number of carbonyl (C=O) groups excluding carboxylic acids is 3. The van der Waals surface area contributed by atoms with E-state index in [0.717, 1.165) is 103 Å². The Bertz CT molecular complexity index is 1440. The predicted molar refractivity (Wildman–Crippen MR) is 316 cm³/mol. The van der Waals surface area contributed by atoms with Crippen LogP contribution in [0, 0.1) is 0 Å². The molecule has 0 rings (SSSR count). The van der Waals surface area contributed by atoms with Gasteiger partial charge < -0.3 is 14.2 Å². The van der Waals surface area contributed by atoms with E-state index in [9.17, 15) is 14.4 Å². The predicted octanol–water partition coefficient (Wildman–Crippen LogP) is 20.9. The van der Waals surface area contributed by atoms with Crippen LogP contribution >= 0.6 is 0 Å². The maximum Gasteiger partial charge on any atom is 0.306 e. The molecule has 1 unspecified atom stereocenters. The van der Waals surface area contributed by atoms with Crippen LogP contribution < -0.4 is 0 Å². The Kier molecular flexibility index (Phi) is 57.8. The van der Waals surface area contributed by atoms with Crippen molar-refractivity contribution < 1.29 is 28.6 Å². The summed E-state index contributed by atoms with van der Waals surface area (Å²) in [4.78, 5) is 38.3. The summed E-state index contributed by atoms with van der Waals surface area (Å²) in [6, 6.07) is 0. The van der Waals surface area contributed by atoms with Gasteiger partial charge in [0.2, 0.25) is 0 Å². The summed E-state index contributed by atoms with van der Waals surface area (Å²) in [5.74, 6) is -0.962. The fourth-order valence-corrected chi connectivity index (χ4v) is 8.55. The van der Waals surface area contributed by atoms with Crippen molar-refractivity contribution in [1.29, 1.82) is 0 Å². The number of carbonyl (C=O) groups is 3. The van der Waals surface area contributed by atoms with Crippen LogP contribution in [0.2, 0.25) is 0 Å². The molecule has 0 N–H and O–H groups in total. The fourth-order valence-electron chi connectivity index (χ4n) is 8.55. The number of ether oxygens (including phenoxy) is 3. The number of rotatable bonds is 55. The molecule has 0 radical (unpaired) electrons. The minimum atomic E-state index is -0.812. The molecule has 0 aliphatic carbocycles. The van der Waals surface area contributed by atoms with E-state index in [2.05, 4.69) is 118 Å². The third-order valence-electron chi connectivity index (χ3n) is 13.1. The first-order chi connectivity index (χ1) is 36.0. The Morgan fingerprint density at radius 3 is 0.877 bits per heavy atom. The molecule has 0 fully saturated rings. The van der Waals surface area contributed by atoms with Crippen LogP contribution in [-0.2, 0) is 28.6 Å². The zero-order valence-electron chi connectivity index (χ0n) is 47.9. The normalized spacial score (nSPS) is 12.8. The molecule has 0 aromatic carbocycles. The standard InChI is InChI=1S/C67H114O6/c1-4-7-10-13-16-19-22-25-28-31-32-33-34-37-39-42-45-48-51-54-57-60-66(69)72-63-64(73-67(70)61-58-55-52-49-46-43-40-36-30-27-24-21-18-15-12-9-6-3)62-71-65(68)59-56-53-50-47-44-41-38-35-29-26-23-20-17-14-11-8-5-2/h8-9,11-12,17-18,20-21,26-27,29-30,40,43,49,52,64H,4-7,10,13-16,19,22-25,28,31-39,41-42,44-48,50-51,53-63H2,1-3H3/b11-8-,12-9-,20-17-,21-18-,29-26-,30-27-,43-40-,52-49-. The van der Waals surface area contributed by atoms with Gasteiger partial charge in [0.1, 0.15) is 13.2 Å². The Labute approximate surface area is 451 Å². The van der Waals surface area contributed by atoms with E-state index < -0.39 is 6.10 Å². The molecule has 0 aliphatic heterocycles. The van der Waals surface area contributed by atoms with E-state index in [1.54, 1.807) is 0 Å². The SMILES string of the molecule is CC/C=C\C/C=C\C/C=C\C/C=C\C/C=C\CCCC(=O)OC(COC(=O)CCCCCCCCC/C=C\C/C=C\C/C=C\CC)COC(=O)CCCCCCCCCCCCCCCCCCCCCCC. The summed E-state index contributed by atoms with van der Waals surface area (Å²) < 4.78 is 16.9. The third kappa shape index (κ3) is 59.1. The van der Waals surface area contributed by atoms with Gasteiger partial charge in [-0.1, -0.05) is 279 Å². The van der Waals surface area contributed by atoms with Crippen molar-refractivity contribution in [1.82, 2.24) is 0 Å². The highest BCUT2D eigenvalue weighted by Crippen LogP contribution is 2.16. The average Bonchev–Trinajstić information content (AvgIpc) is 3.39. The first-order valence-corrected chi connectivity index (χ1v) is 30.7. The summed E-state index contributed by atoms with van der Waals surface area (Å²) >= 11 is 0. The first-order valence-electron chi connectivity index (χ1n) is 30.7. The average molecular weight is 1020 g/mol. The Balaban J connectivity index is 4.43. The van der Waals surface area contributed by atoms with Crippen molar-refractivity contribution in [3.8, 4) is 0 Å². The topological polar surface area (TPSA) is 78.9 Å². The van der Waals surface area contributed by atoms with Gasteiger partial charge in [-0.3, -0.25) is 14.4 Å². The van der Waals surface area contributed by atoms with Crippen LogP contribution in [0.4, 0.5) is 0 Å². The number of hydrogen-bond acceptors (Lipinski definition) is 6. The summed E-state index contributed by atoms with van der Waals surface area (Å²) in [5, 5.41) is 0. The van der Waals surface area contributed by atoms with Gasteiger partial charge in [-0.25, -0.2) is 0 Å². The minimum Gasteiger partial charge on any atom is -0.462 e. The van der Waals surface area contributed by atoms with E-state index in [0.29, 0.717) is 19.3 Å². The highest BCUT2D eigenvalue weighted by molar-refractivity contribution is 5.71. The molecular formula is C67H114O6. The smallest absolute Gasteiger partial charge is 0.306 e. The molecule has 6 heteroatoms. The largest absolute Gasteiger partial charge is 0.462 e. The molecule has 418 valence electrons. The van der Waals surface area contributed by atoms with Gasteiger partial charge in [0.25, 0.3) is 0 Å². The van der Waals surface area contributed by atoms with Crippen molar-refractivity contribution in [3.05, 3.63) is 97.2 Å². The molecule has 0 aliphatic rings. The maximum absolute atomic E-state index is 12.9. The van der Waals surface area contributed by atoms with Gasteiger partial charge in [0.15, 0.2) is 6.10 Å². The third-order valence-corrected chi connectivity index (χ3v) is 13.1. The van der Waals surface area contributed by atoms with E-state index in [1.165, 1.54) is 141 Å². The van der Waals surface area contributed by atoms with Gasteiger partial charge in [-0.2, -0.15) is 0 Å². The van der Waals surface area contributed by atoms with Crippen LogP contribution in [0.1, 0.15) is 290 Å². The number of esters is 3. The zero-order valence-corrected chi connectivity index (χ0v) is 47.9. The van der Waals surface area contributed by atoms with Gasteiger partial charge >= 0.3 is 17.9 Å². The van der Waals surface area contributed by atoms with Gasteiger partial charge in [-0.15, -0.1) is 0 Å². The number of hydrogen-bond donors (Lipinski definition) is 0. The number of allylic oxidation sites excluding steroid dienone is 16. The van der Waals surface area contributed by atoms with Crippen LogP contribution in [-0.4, -0.2) is 37.2 Å². The maximum atomic E-state index is 12.9. The Morgan fingerprint density at radius 1 is 0.288 bits per heavy atom. The lowest BCUT2D eigenvalue weighted by atomic mass is 10.0. The fraction of sp³-hybridized carbons (Fsp3) is 0.716. The molecular weight excluding hydrogens is 901 g/mol. The first kappa shape index (κ1) is 69.3. The molecule has 0 saturated carbocycles. The van der Waals surface area contributed by atoms with Crippen LogP contribution in [0.15, 0.2) is 97.2 Å². The molecule has 0 heterocycles. The van der Waals surface area contributed by atoms with Crippen LogP contribution in [0.3, 0.4) is 0 Å². The van der Waals surface area contributed by atoms with E-state index in [4.69, 9.17) is 14.2 Å². The molecule has 0 saturated heterocycles. The van der Waals surface area contributed by atoms with E-state index in [1.807, 2.05) is 0 Å². The summed E-state index contributed by atoms with van der Waals surface area (Å²) in [7, 11) is 0. The molecule has 0 amide bonds. The lowest BCUT2D eigenvalue weighted by molar-refractivity contribution is -0.167. The van der Waals surface area contributed by atoms with Crippen molar-refractivity contribution in [2.24, 2.45) is 0 Å². The summed E-state index contributed by atoms with van der Waals surface area (Å²) in [6.45, 7) is 6.39. The van der Waals surface area contributed by atoms with Crippen molar-refractivity contribution in [2.75, 3.05) is 13.2 Å². The van der Waals surface area contributed by atoms with E-state index in [-0.39, 0.29) is 37.5 Å². The quantitative estimate of drug-likeness (QED) is 0.0261. The molecule has 1 atom stereocenters. The molecule has 0 aromatic heterocycles. The molecule has 6 nitrogen and oxygen atoms in total. The van der Waals surface area contributed by atoms with E-state index >= 15 is 0 Å². The molecule has 0 bridgehead atoms. The van der Waals surface area contributed by atoms with Gasteiger partial charge in [-0.05, 0) is 89.9 Å². The Hall–Kier alpha value is -3.67. The second kappa shape index (κ2) is 60.9. The molecule has 0 spiro atoms. The summed E-state index contributed by atoms with van der Waals surface area (Å²) in [6.07, 6.45) is 81.3.